The third-order valence-electron chi connectivity index (χ3n) is 5.66. The molecule has 4 rings (SSSR count). The highest BCUT2D eigenvalue weighted by molar-refractivity contribution is 6.12. The summed E-state index contributed by atoms with van der Waals surface area (Å²) >= 11 is 0. The lowest BCUT2D eigenvalue weighted by atomic mass is 10.0. The van der Waals surface area contributed by atoms with E-state index in [1.54, 1.807) is 21.3 Å². The Balaban J connectivity index is 2.14. The predicted molar refractivity (Wildman–Crippen MR) is 123 cm³/mol. The second-order valence-corrected chi connectivity index (χ2v) is 7.42. The van der Waals surface area contributed by atoms with E-state index in [4.69, 9.17) is 19.2 Å². The van der Waals surface area contributed by atoms with Gasteiger partial charge in [0.25, 0.3) is 0 Å². The summed E-state index contributed by atoms with van der Waals surface area (Å²) in [5, 5.41) is 12.2. The summed E-state index contributed by atoms with van der Waals surface area (Å²) < 4.78 is 19.2. The number of aliphatic hydroxyl groups excluding tert-OH is 1. The largest absolute Gasteiger partial charge is 0.493 e. The Labute approximate surface area is 182 Å². The average molecular weight is 421 g/mol. The van der Waals surface area contributed by atoms with Crippen LogP contribution in [0.4, 0.5) is 0 Å². The van der Waals surface area contributed by atoms with Gasteiger partial charge in [-0.1, -0.05) is 31.5 Å². The number of para-hydroxylation sites is 1. The lowest BCUT2D eigenvalue weighted by Gasteiger charge is -2.17. The van der Waals surface area contributed by atoms with Crippen molar-refractivity contribution in [2.45, 2.75) is 32.9 Å². The first-order valence-corrected chi connectivity index (χ1v) is 10.5. The number of pyridine rings is 1. The Bertz CT molecular complexity index is 1230. The van der Waals surface area contributed by atoms with Crippen LogP contribution in [0.1, 0.15) is 25.5 Å². The van der Waals surface area contributed by atoms with Crippen molar-refractivity contribution in [1.82, 2.24) is 9.55 Å². The molecule has 0 unspecified atom stereocenters. The number of nitrogens with zero attached hydrogens (tertiary/aromatic N) is 2. The summed E-state index contributed by atoms with van der Waals surface area (Å²) in [5.41, 5.74) is 4.34. The first kappa shape index (κ1) is 21.0. The summed E-state index contributed by atoms with van der Waals surface area (Å²) in [4.78, 5) is 4.85. The molecular weight excluding hydrogens is 392 g/mol. The zero-order chi connectivity index (χ0) is 22.0. The standard InChI is InChI=1S/C25H28N2O4/c1-5-6-13-27-20-10-8-7-9-17(20)19-14-16(15-28)26-22(23(19)27)18-11-12-21(29-2)25(31-4)24(18)30-3/h7-12,14,28H,5-6,13,15H2,1-4H3. The Morgan fingerprint density at radius 1 is 0.935 bits per heavy atom. The van der Waals surface area contributed by atoms with Gasteiger partial charge in [0.05, 0.1) is 44.8 Å². The minimum Gasteiger partial charge on any atom is -0.493 e. The van der Waals surface area contributed by atoms with Crippen molar-refractivity contribution in [1.29, 1.82) is 0 Å². The maximum absolute atomic E-state index is 9.95. The zero-order valence-electron chi connectivity index (χ0n) is 18.4. The maximum atomic E-state index is 9.95. The van der Waals surface area contributed by atoms with E-state index in [1.807, 2.05) is 24.3 Å². The molecule has 0 aliphatic heterocycles. The van der Waals surface area contributed by atoms with E-state index in [9.17, 15) is 5.11 Å². The van der Waals surface area contributed by atoms with Crippen molar-refractivity contribution >= 4 is 21.8 Å². The van der Waals surface area contributed by atoms with Gasteiger partial charge in [-0.25, -0.2) is 4.98 Å². The van der Waals surface area contributed by atoms with Gasteiger partial charge in [-0.2, -0.15) is 0 Å². The van der Waals surface area contributed by atoms with E-state index in [1.165, 1.54) is 0 Å². The van der Waals surface area contributed by atoms with Crippen LogP contribution in [0.3, 0.4) is 0 Å². The van der Waals surface area contributed by atoms with Crippen LogP contribution in [-0.4, -0.2) is 36.0 Å². The number of hydrogen-bond donors (Lipinski definition) is 1. The Morgan fingerprint density at radius 2 is 1.71 bits per heavy atom. The van der Waals surface area contributed by atoms with Gasteiger partial charge >= 0.3 is 0 Å². The van der Waals surface area contributed by atoms with Crippen LogP contribution in [0.25, 0.3) is 33.1 Å². The number of aromatic nitrogens is 2. The molecule has 2 aromatic heterocycles. The third-order valence-corrected chi connectivity index (χ3v) is 5.66. The number of aliphatic hydroxyl groups is 1. The van der Waals surface area contributed by atoms with Crippen molar-refractivity contribution in [2.75, 3.05) is 21.3 Å². The van der Waals surface area contributed by atoms with Crippen LogP contribution in [-0.2, 0) is 13.2 Å². The lowest BCUT2D eigenvalue weighted by Crippen LogP contribution is -2.03. The first-order valence-electron chi connectivity index (χ1n) is 10.5. The monoisotopic (exact) mass is 420 g/mol. The molecule has 0 aliphatic carbocycles. The van der Waals surface area contributed by atoms with Crippen LogP contribution in [0.5, 0.6) is 17.2 Å². The molecule has 0 saturated heterocycles. The molecule has 2 heterocycles. The lowest BCUT2D eigenvalue weighted by molar-refractivity contribution is 0.277. The Kier molecular flexibility index (Phi) is 6.00. The van der Waals surface area contributed by atoms with E-state index < -0.39 is 0 Å². The highest BCUT2D eigenvalue weighted by Crippen LogP contribution is 2.46. The summed E-state index contributed by atoms with van der Waals surface area (Å²) in [7, 11) is 4.80. The normalized spacial score (nSPS) is 11.3. The molecule has 0 amide bonds. The van der Waals surface area contributed by atoms with Gasteiger partial charge < -0.3 is 23.9 Å². The van der Waals surface area contributed by atoms with E-state index in [2.05, 4.69) is 29.7 Å². The van der Waals surface area contributed by atoms with Crippen LogP contribution in [0, 0.1) is 0 Å². The smallest absolute Gasteiger partial charge is 0.203 e. The molecule has 0 atom stereocenters. The van der Waals surface area contributed by atoms with Crippen molar-refractivity contribution in [2.24, 2.45) is 0 Å². The SMILES string of the molecule is CCCCn1c2ccccc2c2cc(CO)nc(-c3ccc(OC)c(OC)c3OC)c21. The number of hydrogen-bond acceptors (Lipinski definition) is 5. The highest BCUT2D eigenvalue weighted by Gasteiger charge is 2.23. The molecule has 0 aliphatic rings. The molecule has 6 nitrogen and oxygen atoms in total. The second-order valence-electron chi connectivity index (χ2n) is 7.42. The molecule has 0 spiro atoms. The molecule has 0 saturated carbocycles. The molecule has 2 aromatic carbocycles. The second kappa shape index (κ2) is 8.86. The topological polar surface area (TPSA) is 65.7 Å². The van der Waals surface area contributed by atoms with Gasteiger partial charge in [0.2, 0.25) is 5.75 Å². The van der Waals surface area contributed by atoms with Crippen molar-refractivity contribution < 1.29 is 19.3 Å². The van der Waals surface area contributed by atoms with Crippen molar-refractivity contribution in [3.8, 4) is 28.5 Å². The number of aryl methyl sites for hydroxylation is 1. The fourth-order valence-corrected chi connectivity index (χ4v) is 4.23. The van der Waals surface area contributed by atoms with Crippen LogP contribution < -0.4 is 14.2 Å². The molecule has 0 bridgehead atoms. The van der Waals surface area contributed by atoms with Gasteiger partial charge in [-0.15, -0.1) is 0 Å². The van der Waals surface area contributed by atoms with E-state index in [0.29, 0.717) is 22.9 Å². The molecule has 31 heavy (non-hydrogen) atoms. The van der Waals surface area contributed by atoms with Gasteiger partial charge in [-0.05, 0) is 30.7 Å². The quantitative estimate of drug-likeness (QED) is 0.426. The summed E-state index contributed by atoms with van der Waals surface area (Å²) in [6, 6.07) is 14.1. The number of rotatable bonds is 8. The molecule has 1 N–H and O–H groups in total. The fourth-order valence-electron chi connectivity index (χ4n) is 4.23. The molecule has 0 radical (unpaired) electrons. The van der Waals surface area contributed by atoms with Crippen LogP contribution >= 0.6 is 0 Å². The minimum absolute atomic E-state index is 0.146. The van der Waals surface area contributed by atoms with Crippen molar-refractivity contribution in [3.63, 3.8) is 0 Å². The number of unbranched alkanes of at least 4 members (excludes halogenated alkanes) is 1. The molecule has 162 valence electrons. The summed E-state index contributed by atoms with van der Waals surface area (Å²) in [6.07, 6.45) is 2.14. The average Bonchev–Trinajstić information content (AvgIpc) is 3.14. The zero-order valence-corrected chi connectivity index (χ0v) is 18.4. The van der Waals surface area contributed by atoms with E-state index in [0.717, 1.165) is 52.4 Å². The maximum Gasteiger partial charge on any atom is 0.203 e. The van der Waals surface area contributed by atoms with Gasteiger partial charge in [0.15, 0.2) is 11.5 Å². The molecule has 0 fully saturated rings. The molecule has 6 heteroatoms. The number of methoxy groups -OCH3 is 3. The molecular formula is C25H28N2O4. The Hall–Kier alpha value is -3.25. The number of benzene rings is 2. The minimum atomic E-state index is -0.146. The Morgan fingerprint density at radius 3 is 2.39 bits per heavy atom. The first-order chi connectivity index (χ1) is 15.2. The number of ether oxygens (including phenoxy) is 3. The van der Waals surface area contributed by atoms with Gasteiger partial charge in [0.1, 0.15) is 0 Å². The van der Waals surface area contributed by atoms with Crippen LogP contribution in [0.2, 0.25) is 0 Å². The third kappa shape index (κ3) is 3.47. The van der Waals surface area contributed by atoms with Crippen molar-refractivity contribution in [3.05, 3.63) is 48.2 Å². The van der Waals surface area contributed by atoms with E-state index in [-0.39, 0.29) is 6.61 Å². The van der Waals surface area contributed by atoms with Gasteiger partial charge in [0, 0.05) is 28.4 Å². The summed E-state index contributed by atoms with van der Waals surface area (Å²) in [6.45, 7) is 2.92. The fraction of sp³-hybridized carbons (Fsp3) is 0.320. The predicted octanol–water partition coefficient (Wildman–Crippen LogP) is 5.17. The highest BCUT2D eigenvalue weighted by atomic mass is 16.5. The molecule has 4 aromatic rings. The van der Waals surface area contributed by atoms with E-state index >= 15 is 0 Å². The van der Waals surface area contributed by atoms with Gasteiger partial charge in [-0.3, -0.25) is 0 Å². The van der Waals surface area contributed by atoms with Crippen LogP contribution in [0.15, 0.2) is 42.5 Å². The number of fused-ring (bicyclic) bond motifs is 3. The summed E-state index contributed by atoms with van der Waals surface area (Å²) in [5.74, 6) is 1.66.